The molecule has 3 atom stereocenters. The molecule has 0 radical (unpaired) electrons. The van der Waals surface area contributed by atoms with Crippen molar-refractivity contribution in [3.05, 3.63) is 59.7 Å². The lowest BCUT2D eigenvalue weighted by atomic mass is 9.91. The average molecular weight is 381 g/mol. The minimum Gasteiger partial charge on any atom is -0.508 e. The Balaban J connectivity index is 1.34. The Morgan fingerprint density at radius 3 is 2.43 bits per heavy atom. The van der Waals surface area contributed by atoms with E-state index in [0.717, 1.165) is 42.8 Å². The van der Waals surface area contributed by atoms with E-state index in [1.54, 1.807) is 31.4 Å². The summed E-state index contributed by atoms with van der Waals surface area (Å²) in [5, 5.41) is 20.5. The van der Waals surface area contributed by atoms with E-state index in [9.17, 15) is 15.0 Å². The fourth-order valence-corrected chi connectivity index (χ4v) is 4.87. The van der Waals surface area contributed by atoms with Gasteiger partial charge >= 0.3 is 0 Å². The molecule has 1 saturated carbocycles. The number of carbonyl (C=O) groups excluding carboxylic acids is 1. The number of methoxy groups -OCH3 is 1. The highest BCUT2D eigenvalue weighted by Gasteiger charge is 2.48. The predicted octanol–water partition coefficient (Wildman–Crippen LogP) is 2.79. The highest BCUT2D eigenvalue weighted by molar-refractivity contribution is 5.79. The summed E-state index contributed by atoms with van der Waals surface area (Å²) in [6.45, 7) is 1.45. The van der Waals surface area contributed by atoms with Gasteiger partial charge in [0.25, 0.3) is 0 Å². The predicted molar refractivity (Wildman–Crippen MR) is 106 cm³/mol. The molecular formula is C23H27NO4. The van der Waals surface area contributed by atoms with Crippen LogP contribution in [-0.4, -0.2) is 46.8 Å². The average Bonchev–Trinajstić information content (AvgIpc) is 3.18. The number of fused-ring (bicyclic) bond motifs is 1. The second-order valence-electron chi connectivity index (χ2n) is 8.32. The zero-order chi connectivity index (χ0) is 19.7. The largest absolute Gasteiger partial charge is 0.508 e. The molecule has 1 amide bonds. The topological polar surface area (TPSA) is 70.0 Å². The molecule has 2 fully saturated rings. The van der Waals surface area contributed by atoms with Crippen molar-refractivity contribution in [1.29, 1.82) is 0 Å². The number of likely N-dealkylation sites (tertiary alicyclic amines) is 1. The molecule has 148 valence electrons. The number of phenols is 1. The van der Waals surface area contributed by atoms with Crippen LogP contribution in [0.5, 0.6) is 11.5 Å². The van der Waals surface area contributed by atoms with Crippen LogP contribution in [-0.2, 0) is 17.6 Å². The van der Waals surface area contributed by atoms with Gasteiger partial charge in [-0.25, -0.2) is 0 Å². The van der Waals surface area contributed by atoms with E-state index in [2.05, 4.69) is 0 Å². The lowest BCUT2D eigenvalue weighted by Crippen LogP contribution is -2.35. The summed E-state index contributed by atoms with van der Waals surface area (Å²) >= 11 is 0. The van der Waals surface area contributed by atoms with E-state index in [-0.39, 0.29) is 11.7 Å². The zero-order valence-corrected chi connectivity index (χ0v) is 16.2. The smallest absolute Gasteiger partial charge is 0.227 e. The molecule has 5 nitrogen and oxygen atoms in total. The molecule has 4 rings (SSSR count). The number of ether oxygens (including phenoxy) is 1. The summed E-state index contributed by atoms with van der Waals surface area (Å²) in [5.41, 5.74) is 1.30. The molecule has 0 bridgehead atoms. The van der Waals surface area contributed by atoms with Crippen molar-refractivity contribution in [3.8, 4) is 11.5 Å². The minimum atomic E-state index is -0.701. The van der Waals surface area contributed by atoms with Gasteiger partial charge < -0.3 is 19.8 Å². The molecule has 0 spiro atoms. The second kappa shape index (κ2) is 7.47. The monoisotopic (exact) mass is 381 g/mol. The van der Waals surface area contributed by atoms with Gasteiger partial charge in [0.15, 0.2) is 0 Å². The van der Waals surface area contributed by atoms with Gasteiger partial charge in [-0.05, 0) is 60.1 Å². The summed E-state index contributed by atoms with van der Waals surface area (Å²) in [6.07, 6.45) is 2.45. The Labute approximate surface area is 165 Å². The Kier molecular flexibility index (Phi) is 5.02. The normalized spacial score (nSPS) is 26.3. The lowest BCUT2D eigenvalue weighted by molar-refractivity contribution is -0.130. The van der Waals surface area contributed by atoms with E-state index in [0.29, 0.717) is 24.7 Å². The van der Waals surface area contributed by atoms with Gasteiger partial charge in [0.05, 0.1) is 19.1 Å². The van der Waals surface area contributed by atoms with Crippen LogP contribution in [0.15, 0.2) is 48.5 Å². The molecule has 0 unspecified atom stereocenters. The van der Waals surface area contributed by atoms with Crippen LogP contribution in [0.1, 0.15) is 24.0 Å². The summed E-state index contributed by atoms with van der Waals surface area (Å²) in [6, 6.07) is 14.7. The molecule has 2 aliphatic rings. The van der Waals surface area contributed by atoms with Gasteiger partial charge in [-0.15, -0.1) is 0 Å². The van der Waals surface area contributed by atoms with E-state index in [4.69, 9.17) is 4.74 Å². The molecule has 1 saturated heterocycles. The van der Waals surface area contributed by atoms with E-state index >= 15 is 0 Å². The van der Waals surface area contributed by atoms with Crippen LogP contribution >= 0.6 is 0 Å². The summed E-state index contributed by atoms with van der Waals surface area (Å²) in [7, 11) is 1.65. The van der Waals surface area contributed by atoms with E-state index in [1.165, 1.54) is 0 Å². The number of benzene rings is 2. The second-order valence-corrected chi connectivity index (χ2v) is 8.32. The Hall–Kier alpha value is -2.53. The highest BCUT2D eigenvalue weighted by atomic mass is 16.5. The maximum absolute atomic E-state index is 12.6. The number of aromatic hydroxyl groups is 1. The third kappa shape index (κ3) is 3.99. The number of hydrogen-bond acceptors (Lipinski definition) is 4. The molecule has 1 aliphatic carbocycles. The van der Waals surface area contributed by atoms with Crippen LogP contribution in [0.3, 0.4) is 0 Å². The van der Waals surface area contributed by atoms with Crippen molar-refractivity contribution in [2.24, 2.45) is 11.8 Å². The van der Waals surface area contributed by atoms with Crippen LogP contribution < -0.4 is 4.74 Å². The van der Waals surface area contributed by atoms with Gasteiger partial charge in [0, 0.05) is 19.5 Å². The fourth-order valence-electron chi connectivity index (χ4n) is 4.87. The highest BCUT2D eigenvalue weighted by Crippen LogP contribution is 2.45. The Morgan fingerprint density at radius 1 is 1.11 bits per heavy atom. The number of hydrogen-bond donors (Lipinski definition) is 2. The lowest BCUT2D eigenvalue weighted by Gasteiger charge is -2.26. The first-order valence-corrected chi connectivity index (χ1v) is 9.85. The van der Waals surface area contributed by atoms with Crippen molar-refractivity contribution in [2.45, 2.75) is 31.3 Å². The van der Waals surface area contributed by atoms with Crippen LogP contribution in [0.25, 0.3) is 0 Å². The summed E-state index contributed by atoms with van der Waals surface area (Å²) in [5.74, 6) is 1.86. The van der Waals surface area contributed by atoms with Crippen molar-refractivity contribution in [1.82, 2.24) is 4.90 Å². The first-order chi connectivity index (χ1) is 13.4. The first kappa shape index (κ1) is 18.8. The molecule has 0 aromatic heterocycles. The number of amides is 1. The van der Waals surface area contributed by atoms with Gasteiger partial charge in [-0.1, -0.05) is 24.3 Å². The molecule has 2 aromatic rings. The number of rotatable bonds is 5. The van der Waals surface area contributed by atoms with Gasteiger partial charge in [0.1, 0.15) is 11.5 Å². The number of nitrogens with zero attached hydrogens (tertiary/aromatic N) is 1. The molecule has 1 heterocycles. The van der Waals surface area contributed by atoms with E-state index in [1.807, 2.05) is 29.2 Å². The third-order valence-corrected chi connectivity index (χ3v) is 6.17. The van der Waals surface area contributed by atoms with Crippen molar-refractivity contribution >= 4 is 5.91 Å². The van der Waals surface area contributed by atoms with Crippen molar-refractivity contribution < 1.29 is 19.7 Å². The molecule has 28 heavy (non-hydrogen) atoms. The number of phenolic OH excluding ortho intramolecular Hbond substituents is 1. The maximum atomic E-state index is 12.6. The number of carbonyl (C=O) groups is 1. The van der Waals surface area contributed by atoms with Crippen LogP contribution in [0.2, 0.25) is 0 Å². The van der Waals surface area contributed by atoms with Gasteiger partial charge in [-0.3, -0.25) is 4.79 Å². The van der Waals surface area contributed by atoms with Gasteiger partial charge in [-0.2, -0.15) is 0 Å². The molecule has 5 heteroatoms. The molecule has 1 aliphatic heterocycles. The Bertz CT molecular complexity index is 834. The SMILES string of the molecule is COc1cccc(C[C@]2(O)C[C@H]3CN(C(=O)Cc4ccc(O)cc4)C[C@H]3C2)c1. The molecule has 2 aromatic carbocycles. The van der Waals surface area contributed by atoms with Crippen LogP contribution in [0, 0.1) is 11.8 Å². The van der Waals surface area contributed by atoms with Crippen molar-refractivity contribution in [3.63, 3.8) is 0 Å². The van der Waals surface area contributed by atoms with Crippen molar-refractivity contribution in [2.75, 3.05) is 20.2 Å². The quantitative estimate of drug-likeness (QED) is 0.836. The fraction of sp³-hybridized carbons (Fsp3) is 0.435. The van der Waals surface area contributed by atoms with Crippen LogP contribution in [0.4, 0.5) is 0 Å². The third-order valence-electron chi connectivity index (χ3n) is 6.17. The number of aliphatic hydroxyl groups is 1. The van der Waals surface area contributed by atoms with E-state index < -0.39 is 5.60 Å². The molecule has 2 N–H and O–H groups in total. The standard InChI is InChI=1S/C23H27NO4/c1-28-21-4-2-3-17(9-21)11-23(27)12-18-14-24(15-19(18)13-23)22(26)10-16-5-7-20(25)8-6-16/h2-9,18-19,25,27H,10-15H2,1H3/t18-,19+,23-. The van der Waals surface area contributed by atoms with Gasteiger partial charge in [0.2, 0.25) is 5.91 Å². The zero-order valence-electron chi connectivity index (χ0n) is 16.2. The minimum absolute atomic E-state index is 0.122. The Morgan fingerprint density at radius 2 is 1.79 bits per heavy atom. The summed E-state index contributed by atoms with van der Waals surface area (Å²) in [4.78, 5) is 14.6. The summed E-state index contributed by atoms with van der Waals surface area (Å²) < 4.78 is 5.28. The molecular weight excluding hydrogens is 354 g/mol. The first-order valence-electron chi connectivity index (χ1n) is 9.85. The maximum Gasteiger partial charge on any atom is 0.227 e.